The van der Waals surface area contributed by atoms with Gasteiger partial charge in [0.25, 0.3) is 5.91 Å². The smallest absolute Gasteiger partial charge is 0.275 e. The molecule has 0 spiro atoms. The molecule has 2 amide bonds. The molecular weight excluding hydrogens is 318 g/mol. The Hall–Kier alpha value is -2.60. The molecule has 0 saturated heterocycles. The Morgan fingerprint density at radius 3 is 2.52 bits per heavy atom. The number of quaternary nitrogens is 1. The van der Waals surface area contributed by atoms with Gasteiger partial charge < -0.3 is 20.0 Å². The maximum atomic E-state index is 12.0. The maximum Gasteiger partial charge on any atom is 0.275 e. The van der Waals surface area contributed by atoms with Crippen LogP contribution in [-0.4, -0.2) is 32.0 Å². The summed E-state index contributed by atoms with van der Waals surface area (Å²) in [7, 11) is 1.91. The van der Waals surface area contributed by atoms with E-state index in [1.807, 2.05) is 58.2 Å². The second-order valence-electron chi connectivity index (χ2n) is 6.40. The van der Waals surface area contributed by atoms with Crippen LogP contribution in [0.4, 0.5) is 5.69 Å². The molecule has 1 aromatic carbocycles. The van der Waals surface area contributed by atoms with Crippen molar-refractivity contribution in [3.05, 3.63) is 53.0 Å². The number of hydrogen-bond acceptors (Lipinski definition) is 3. The van der Waals surface area contributed by atoms with Crippen LogP contribution in [0.25, 0.3) is 0 Å². The fourth-order valence-electron chi connectivity index (χ4n) is 2.54. The van der Waals surface area contributed by atoms with Gasteiger partial charge in [-0.15, -0.1) is 0 Å². The molecule has 1 atom stereocenters. The van der Waals surface area contributed by atoms with Gasteiger partial charge in [0.1, 0.15) is 12.3 Å². The van der Waals surface area contributed by atoms with E-state index in [0.717, 1.165) is 33.2 Å². The average Bonchev–Trinajstić information content (AvgIpc) is 2.94. The first-order valence-electron chi connectivity index (χ1n) is 8.34. The van der Waals surface area contributed by atoms with Crippen LogP contribution in [0.5, 0.6) is 0 Å². The van der Waals surface area contributed by atoms with E-state index < -0.39 is 0 Å². The highest BCUT2D eigenvalue weighted by atomic mass is 16.3. The van der Waals surface area contributed by atoms with Crippen molar-refractivity contribution in [2.45, 2.75) is 27.3 Å². The highest BCUT2D eigenvalue weighted by molar-refractivity contribution is 5.95. The summed E-state index contributed by atoms with van der Waals surface area (Å²) in [5, 5.41) is 5.48. The van der Waals surface area contributed by atoms with E-state index in [1.54, 1.807) is 0 Å². The zero-order chi connectivity index (χ0) is 18.4. The first-order chi connectivity index (χ1) is 11.8. The molecule has 0 bridgehead atoms. The lowest BCUT2D eigenvalue weighted by molar-refractivity contribution is -0.886. The van der Waals surface area contributed by atoms with Crippen molar-refractivity contribution < 1.29 is 18.9 Å². The Morgan fingerprint density at radius 2 is 1.84 bits per heavy atom. The first-order valence-corrected chi connectivity index (χ1v) is 8.34. The van der Waals surface area contributed by atoms with Gasteiger partial charge in [0.15, 0.2) is 12.3 Å². The van der Waals surface area contributed by atoms with Crippen LogP contribution < -0.4 is 15.5 Å². The van der Waals surface area contributed by atoms with Gasteiger partial charge in [-0.25, -0.2) is 0 Å². The molecular formula is C19H26N3O3+. The number of rotatable bonds is 7. The monoisotopic (exact) mass is 344 g/mol. The molecule has 2 aromatic rings. The quantitative estimate of drug-likeness (QED) is 0.701. The van der Waals surface area contributed by atoms with Gasteiger partial charge in [-0.1, -0.05) is 12.1 Å². The number of benzene rings is 1. The van der Waals surface area contributed by atoms with Crippen LogP contribution in [0.3, 0.4) is 0 Å². The van der Waals surface area contributed by atoms with Crippen molar-refractivity contribution in [3.63, 3.8) is 0 Å². The number of aryl methyl sites for hydroxylation is 2. The predicted molar refractivity (Wildman–Crippen MR) is 96.5 cm³/mol. The lowest BCUT2D eigenvalue weighted by atomic mass is 10.1. The third kappa shape index (κ3) is 5.76. The Bertz CT molecular complexity index is 752. The van der Waals surface area contributed by atoms with Gasteiger partial charge in [0, 0.05) is 5.69 Å². The van der Waals surface area contributed by atoms with Crippen LogP contribution in [-0.2, 0) is 16.1 Å². The number of amides is 2. The summed E-state index contributed by atoms with van der Waals surface area (Å²) >= 11 is 0. The second kappa shape index (κ2) is 8.48. The summed E-state index contributed by atoms with van der Waals surface area (Å²) in [6.07, 6.45) is 0. The molecule has 3 N–H and O–H groups in total. The molecule has 0 aliphatic carbocycles. The third-order valence-corrected chi connectivity index (χ3v) is 4.06. The summed E-state index contributed by atoms with van der Waals surface area (Å²) < 4.78 is 5.50. The molecule has 1 heterocycles. The standard InChI is InChI=1S/C19H25N3O3/c1-13-6-5-7-17(15(13)3)21-18(23)10-20-19(24)12-22(4)11-16-9-8-14(2)25-16/h5-9H,10-12H2,1-4H3,(H,20,24)(H,21,23)/p+1. The van der Waals surface area contributed by atoms with Crippen molar-refractivity contribution in [2.75, 3.05) is 25.5 Å². The van der Waals surface area contributed by atoms with E-state index in [9.17, 15) is 9.59 Å². The van der Waals surface area contributed by atoms with E-state index >= 15 is 0 Å². The number of anilines is 1. The molecule has 1 aromatic heterocycles. The molecule has 0 aliphatic rings. The summed E-state index contributed by atoms with van der Waals surface area (Å²) in [6.45, 7) is 6.69. The van der Waals surface area contributed by atoms with E-state index in [2.05, 4.69) is 10.6 Å². The Labute approximate surface area is 148 Å². The van der Waals surface area contributed by atoms with Gasteiger partial charge in [0.2, 0.25) is 5.91 Å². The minimum absolute atomic E-state index is 0.0423. The summed E-state index contributed by atoms with van der Waals surface area (Å²) in [5.74, 6) is 1.30. The molecule has 25 heavy (non-hydrogen) atoms. The van der Waals surface area contributed by atoms with Crippen LogP contribution in [0.2, 0.25) is 0 Å². The number of furan rings is 1. The fourth-order valence-corrected chi connectivity index (χ4v) is 2.54. The molecule has 0 fully saturated rings. The summed E-state index contributed by atoms with van der Waals surface area (Å²) in [5.41, 5.74) is 2.91. The first kappa shape index (κ1) is 18.7. The minimum atomic E-state index is -0.235. The van der Waals surface area contributed by atoms with Crippen molar-refractivity contribution >= 4 is 17.5 Å². The number of likely N-dealkylation sites (N-methyl/N-ethyl adjacent to an activating group) is 1. The molecule has 0 radical (unpaired) electrons. The van der Waals surface area contributed by atoms with E-state index in [4.69, 9.17) is 4.42 Å². The van der Waals surface area contributed by atoms with Gasteiger partial charge in [-0.2, -0.15) is 0 Å². The van der Waals surface area contributed by atoms with Crippen molar-refractivity contribution in [1.82, 2.24) is 5.32 Å². The van der Waals surface area contributed by atoms with Gasteiger partial charge in [-0.3, -0.25) is 9.59 Å². The van der Waals surface area contributed by atoms with Gasteiger partial charge in [-0.05, 0) is 50.1 Å². The molecule has 6 nitrogen and oxygen atoms in total. The number of hydrogen-bond donors (Lipinski definition) is 3. The van der Waals surface area contributed by atoms with E-state index in [1.165, 1.54) is 0 Å². The summed E-state index contributed by atoms with van der Waals surface area (Å²) in [4.78, 5) is 25.0. The SMILES string of the molecule is Cc1ccc(C[NH+](C)CC(=O)NCC(=O)Nc2cccc(C)c2C)o1. The van der Waals surface area contributed by atoms with Crippen LogP contribution in [0.1, 0.15) is 22.6 Å². The highest BCUT2D eigenvalue weighted by Crippen LogP contribution is 2.17. The van der Waals surface area contributed by atoms with Crippen molar-refractivity contribution in [1.29, 1.82) is 0 Å². The van der Waals surface area contributed by atoms with E-state index in [0.29, 0.717) is 6.54 Å². The average molecular weight is 344 g/mol. The van der Waals surface area contributed by atoms with Crippen molar-refractivity contribution in [3.8, 4) is 0 Å². The van der Waals surface area contributed by atoms with Gasteiger partial charge >= 0.3 is 0 Å². The largest absolute Gasteiger partial charge is 0.460 e. The molecule has 0 saturated carbocycles. The lowest BCUT2D eigenvalue weighted by Crippen LogP contribution is -3.08. The molecule has 1 unspecified atom stereocenters. The van der Waals surface area contributed by atoms with Crippen LogP contribution in [0, 0.1) is 20.8 Å². The van der Waals surface area contributed by atoms with Crippen LogP contribution in [0.15, 0.2) is 34.7 Å². The van der Waals surface area contributed by atoms with Crippen LogP contribution >= 0.6 is 0 Å². The normalized spacial score (nSPS) is 11.8. The third-order valence-electron chi connectivity index (χ3n) is 4.06. The second-order valence-corrected chi connectivity index (χ2v) is 6.40. The molecule has 2 rings (SSSR count). The number of carbonyl (C=O) groups excluding carboxylic acids is 2. The number of nitrogens with one attached hydrogen (secondary N) is 3. The van der Waals surface area contributed by atoms with Gasteiger partial charge in [0.05, 0.1) is 13.6 Å². The summed E-state index contributed by atoms with van der Waals surface area (Å²) in [6, 6.07) is 9.55. The fraction of sp³-hybridized carbons (Fsp3) is 0.368. The topological polar surface area (TPSA) is 75.8 Å². The maximum absolute atomic E-state index is 12.0. The number of carbonyl (C=O) groups is 2. The molecule has 134 valence electrons. The Balaban J connectivity index is 1.75. The highest BCUT2D eigenvalue weighted by Gasteiger charge is 2.14. The lowest BCUT2D eigenvalue weighted by Gasteiger charge is -2.13. The Morgan fingerprint density at radius 1 is 1.08 bits per heavy atom. The zero-order valence-electron chi connectivity index (χ0n) is 15.2. The van der Waals surface area contributed by atoms with E-state index in [-0.39, 0.29) is 24.9 Å². The molecule has 0 aliphatic heterocycles. The van der Waals surface area contributed by atoms with Crippen molar-refractivity contribution in [2.24, 2.45) is 0 Å². The minimum Gasteiger partial charge on any atom is -0.460 e. The zero-order valence-corrected chi connectivity index (χ0v) is 15.2. The Kier molecular flexibility index (Phi) is 6.36. The molecule has 6 heteroatoms. The predicted octanol–water partition coefficient (Wildman–Crippen LogP) is 0.974.